The van der Waals surface area contributed by atoms with Gasteiger partial charge in [-0.2, -0.15) is 0 Å². The molecule has 3 heteroatoms. The van der Waals surface area contributed by atoms with E-state index in [2.05, 4.69) is 33.0 Å². The standard InChI is InChI=1S/C16H27NOS/c1-6-10-17-15(16(3,4)5)12-19(18)14-9-7-8-13(2)11-14/h7-9,11,15,17H,6,10,12H2,1-5H3. The van der Waals surface area contributed by atoms with Crippen LogP contribution in [0.5, 0.6) is 0 Å². The number of rotatable bonds is 6. The normalized spacial score (nSPS) is 15.2. The molecule has 2 unspecified atom stereocenters. The Morgan fingerprint density at radius 1 is 1.32 bits per heavy atom. The van der Waals surface area contributed by atoms with E-state index < -0.39 is 10.8 Å². The van der Waals surface area contributed by atoms with Gasteiger partial charge in [0.25, 0.3) is 0 Å². The SMILES string of the molecule is CCCNC(CS(=O)c1cccc(C)c1)C(C)(C)C. The van der Waals surface area contributed by atoms with Crippen molar-refractivity contribution in [2.75, 3.05) is 12.3 Å². The van der Waals surface area contributed by atoms with Gasteiger partial charge in [0.1, 0.15) is 0 Å². The second-order valence-electron chi connectivity index (χ2n) is 6.20. The van der Waals surface area contributed by atoms with Crippen LogP contribution < -0.4 is 5.32 Å². The molecule has 0 heterocycles. The Balaban J connectivity index is 2.76. The average Bonchev–Trinajstić information content (AvgIpc) is 2.32. The van der Waals surface area contributed by atoms with Gasteiger partial charge in [0.15, 0.2) is 0 Å². The lowest BCUT2D eigenvalue weighted by Crippen LogP contribution is -2.44. The number of aryl methyl sites for hydroxylation is 1. The Morgan fingerprint density at radius 2 is 2.00 bits per heavy atom. The second-order valence-corrected chi connectivity index (χ2v) is 7.70. The maximum absolute atomic E-state index is 12.5. The van der Waals surface area contributed by atoms with Crippen molar-refractivity contribution in [1.29, 1.82) is 0 Å². The molecule has 0 saturated carbocycles. The second kappa shape index (κ2) is 7.20. The maximum atomic E-state index is 12.5. The summed E-state index contributed by atoms with van der Waals surface area (Å²) in [6.07, 6.45) is 1.10. The Bertz CT molecular complexity index is 423. The molecule has 0 aliphatic rings. The Morgan fingerprint density at radius 3 is 2.53 bits per heavy atom. The first-order valence-electron chi connectivity index (χ1n) is 7.03. The monoisotopic (exact) mass is 281 g/mol. The fraction of sp³-hybridized carbons (Fsp3) is 0.625. The summed E-state index contributed by atoms with van der Waals surface area (Å²) in [5.74, 6) is 0.674. The van der Waals surface area contributed by atoms with Crippen LogP contribution in [0, 0.1) is 12.3 Å². The van der Waals surface area contributed by atoms with Gasteiger partial charge in [0, 0.05) is 16.7 Å². The molecule has 1 aromatic rings. The van der Waals surface area contributed by atoms with Crippen molar-refractivity contribution in [3.63, 3.8) is 0 Å². The highest BCUT2D eigenvalue weighted by molar-refractivity contribution is 7.85. The van der Waals surface area contributed by atoms with E-state index in [4.69, 9.17) is 0 Å². The van der Waals surface area contributed by atoms with Gasteiger partial charge in [-0.1, -0.05) is 39.8 Å². The molecule has 1 N–H and O–H groups in total. The summed E-state index contributed by atoms with van der Waals surface area (Å²) >= 11 is 0. The van der Waals surface area contributed by atoms with E-state index in [1.807, 2.05) is 31.2 Å². The number of benzene rings is 1. The van der Waals surface area contributed by atoms with Gasteiger partial charge in [-0.3, -0.25) is 4.21 Å². The van der Waals surface area contributed by atoms with Crippen molar-refractivity contribution in [1.82, 2.24) is 5.32 Å². The van der Waals surface area contributed by atoms with Crippen LogP contribution in [-0.4, -0.2) is 22.5 Å². The first kappa shape index (κ1) is 16.4. The van der Waals surface area contributed by atoms with E-state index >= 15 is 0 Å². The van der Waals surface area contributed by atoms with E-state index in [9.17, 15) is 4.21 Å². The summed E-state index contributed by atoms with van der Waals surface area (Å²) in [7, 11) is -0.936. The Hall–Kier alpha value is -0.670. The minimum absolute atomic E-state index is 0.120. The van der Waals surface area contributed by atoms with Crippen LogP contribution in [0.3, 0.4) is 0 Å². The molecule has 0 bridgehead atoms. The summed E-state index contributed by atoms with van der Waals surface area (Å²) in [4.78, 5) is 0.938. The van der Waals surface area contributed by atoms with E-state index in [0.29, 0.717) is 5.75 Å². The third-order valence-electron chi connectivity index (χ3n) is 3.26. The Kier molecular flexibility index (Phi) is 6.21. The van der Waals surface area contributed by atoms with Crippen molar-refractivity contribution < 1.29 is 4.21 Å². The van der Waals surface area contributed by atoms with Crippen LogP contribution in [0.4, 0.5) is 0 Å². The molecule has 108 valence electrons. The van der Waals surface area contributed by atoms with Crippen LogP contribution in [0.25, 0.3) is 0 Å². The van der Waals surface area contributed by atoms with E-state index in [1.165, 1.54) is 5.56 Å². The zero-order valence-electron chi connectivity index (χ0n) is 12.8. The molecule has 0 radical (unpaired) electrons. The van der Waals surface area contributed by atoms with Crippen molar-refractivity contribution in [2.24, 2.45) is 5.41 Å². The lowest BCUT2D eigenvalue weighted by molar-refractivity contribution is 0.290. The first-order valence-corrected chi connectivity index (χ1v) is 8.35. The molecule has 0 aliphatic carbocycles. The van der Waals surface area contributed by atoms with Gasteiger partial charge in [-0.15, -0.1) is 0 Å². The van der Waals surface area contributed by atoms with Gasteiger partial charge < -0.3 is 5.32 Å². The summed E-state index contributed by atoms with van der Waals surface area (Å²) < 4.78 is 12.5. The molecule has 1 aromatic carbocycles. The molecule has 0 fully saturated rings. The summed E-state index contributed by atoms with van der Waals surface area (Å²) in [6.45, 7) is 11.8. The lowest BCUT2D eigenvalue weighted by Gasteiger charge is -2.31. The van der Waals surface area contributed by atoms with Crippen LogP contribution in [0.15, 0.2) is 29.2 Å². The molecule has 1 rings (SSSR count). The van der Waals surface area contributed by atoms with Gasteiger partial charge >= 0.3 is 0 Å². The van der Waals surface area contributed by atoms with Crippen molar-refractivity contribution in [3.8, 4) is 0 Å². The molecule has 2 nitrogen and oxygen atoms in total. The zero-order valence-corrected chi connectivity index (χ0v) is 13.6. The third-order valence-corrected chi connectivity index (χ3v) is 4.67. The fourth-order valence-electron chi connectivity index (χ4n) is 1.94. The molecular weight excluding hydrogens is 254 g/mol. The van der Waals surface area contributed by atoms with E-state index in [1.54, 1.807) is 0 Å². The van der Waals surface area contributed by atoms with Crippen LogP contribution in [0.2, 0.25) is 0 Å². The highest BCUT2D eigenvalue weighted by Gasteiger charge is 2.26. The van der Waals surface area contributed by atoms with E-state index in [-0.39, 0.29) is 11.5 Å². The summed E-state index contributed by atoms with van der Waals surface area (Å²) in [5, 5.41) is 3.53. The van der Waals surface area contributed by atoms with Crippen molar-refractivity contribution in [3.05, 3.63) is 29.8 Å². The Labute approximate surface area is 120 Å². The number of hydrogen-bond acceptors (Lipinski definition) is 2. The topological polar surface area (TPSA) is 29.1 Å². The van der Waals surface area contributed by atoms with E-state index in [0.717, 1.165) is 17.9 Å². The van der Waals surface area contributed by atoms with Crippen LogP contribution in [-0.2, 0) is 10.8 Å². The number of hydrogen-bond donors (Lipinski definition) is 1. The predicted molar refractivity (Wildman–Crippen MR) is 84.0 cm³/mol. The van der Waals surface area contributed by atoms with Crippen LogP contribution in [0.1, 0.15) is 39.7 Å². The van der Waals surface area contributed by atoms with Crippen molar-refractivity contribution in [2.45, 2.75) is 52.0 Å². The predicted octanol–water partition coefficient (Wildman–Crippen LogP) is 3.52. The van der Waals surface area contributed by atoms with Gasteiger partial charge in [0.2, 0.25) is 0 Å². The minimum atomic E-state index is -0.936. The molecule has 19 heavy (non-hydrogen) atoms. The zero-order chi connectivity index (χ0) is 14.5. The van der Waals surface area contributed by atoms with Gasteiger partial charge in [-0.05, 0) is 43.0 Å². The molecule has 0 aromatic heterocycles. The third kappa shape index (κ3) is 5.45. The smallest absolute Gasteiger partial charge is 0.0545 e. The highest BCUT2D eigenvalue weighted by atomic mass is 32.2. The summed E-state index contributed by atoms with van der Waals surface area (Å²) in [6, 6.07) is 8.28. The first-order chi connectivity index (χ1) is 8.84. The quantitative estimate of drug-likeness (QED) is 0.864. The molecule has 0 aliphatic heterocycles. The number of nitrogens with one attached hydrogen (secondary N) is 1. The highest BCUT2D eigenvalue weighted by Crippen LogP contribution is 2.22. The van der Waals surface area contributed by atoms with Crippen molar-refractivity contribution >= 4 is 10.8 Å². The molecule has 2 atom stereocenters. The summed E-state index contributed by atoms with van der Waals surface area (Å²) in [5.41, 5.74) is 1.29. The average molecular weight is 281 g/mol. The maximum Gasteiger partial charge on any atom is 0.0545 e. The molecule has 0 amide bonds. The lowest BCUT2D eigenvalue weighted by atomic mass is 9.88. The molecular formula is C16H27NOS. The van der Waals surface area contributed by atoms with Gasteiger partial charge in [-0.25, -0.2) is 0 Å². The molecule has 0 saturated heterocycles. The largest absolute Gasteiger partial charge is 0.313 e. The van der Waals surface area contributed by atoms with Gasteiger partial charge in [0.05, 0.1) is 10.8 Å². The van der Waals surface area contributed by atoms with Crippen LogP contribution >= 0.6 is 0 Å². The molecule has 0 spiro atoms. The minimum Gasteiger partial charge on any atom is -0.313 e. The fourth-order valence-corrected chi connectivity index (χ4v) is 3.60.